The normalized spacial score (nSPS) is 20.2. The van der Waals surface area contributed by atoms with Crippen LogP contribution < -0.4 is 21.3 Å². The van der Waals surface area contributed by atoms with Crippen LogP contribution in [0.1, 0.15) is 27.2 Å². The number of hydrogen-bond acceptors (Lipinski definition) is 8. The van der Waals surface area contributed by atoms with E-state index in [1.807, 2.05) is 27.8 Å². The minimum absolute atomic E-state index is 0.00400. The number of likely N-dealkylation sites (N-methyl/N-ethyl adjacent to an activating group) is 1. The molecule has 0 spiro atoms. The van der Waals surface area contributed by atoms with Crippen molar-refractivity contribution in [2.45, 2.75) is 39.3 Å². The Labute approximate surface area is 131 Å². The number of nitrogen functional groups attached to an aromatic ring is 1. The lowest BCUT2D eigenvalue weighted by molar-refractivity contribution is 0.201. The summed E-state index contributed by atoms with van der Waals surface area (Å²) in [5.41, 5.74) is 5.69. The Hall–Kier alpha value is -1.67. The Morgan fingerprint density at radius 1 is 1.36 bits per heavy atom. The van der Waals surface area contributed by atoms with E-state index in [0.717, 1.165) is 19.5 Å². The second-order valence-electron chi connectivity index (χ2n) is 6.78. The summed E-state index contributed by atoms with van der Waals surface area (Å²) in [7, 11) is 1.96. The smallest absolute Gasteiger partial charge is 0.232 e. The summed E-state index contributed by atoms with van der Waals surface area (Å²) in [4.78, 5) is 14.9. The molecule has 22 heavy (non-hydrogen) atoms. The number of rotatable bonds is 5. The van der Waals surface area contributed by atoms with E-state index in [4.69, 9.17) is 5.73 Å². The largest absolute Gasteiger partial charge is 0.394 e. The summed E-state index contributed by atoms with van der Waals surface area (Å²) in [6.45, 7) is 7.87. The third-order valence-electron chi connectivity index (χ3n) is 4.05. The molecule has 124 valence electrons. The topological polar surface area (TPSA) is 112 Å². The van der Waals surface area contributed by atoms with Crippen LogP contribution in [-0.4, -0.2) is 58.9 Å². The third-order valence-corrected chi connectivity index (χ3v) is 4.05. The molecule has 2 rings (SSSR count). The van der Waals surface area contributed by atoms with Gasteiger partial charge in [0.1, 0.15) is 0 Å². The van der Waals surface area contributed by atoms with Crippen LogP contribution in [0.15, 0.2) is 0 Å². The van der Waals surface area contributed by atoms with E-state index in [1.165, 1.54) is 0 Å². The molecule has 0 aliphatic carbocycles. The van der Waals surface area contributed by atoms with Gasteiger partial charge in [0.15, 0.2) is 0 Å². The molecule has 1 aromatic heterocycles. The average Bonchev–Trinajstić information content (AvgIpc) is 2.92. The Balaban J connectivity index is 2.17. The zero-order valence-electron chi connectivity index (χ0n) is 13.8. The Morgan fingerprint density at radius 3 is 2.64 bits per heavy atom. The Bertz CT molecular complexity index is 502. The maximum Gasteiger partial charge on any atom is 0.232 e. The summed E-state index contributed by atoms with van der Waals surface area (Å²) in [5.74, 6) is 1.17. The maximum absolute atomic E-state index is 9.56. The fourth-order valence-electron chi connectivity index (χ4n) is 2.46. The van der Waals surface area contributed by atoms with Crippen molar-refractivity contribution < 1.29 is 5.11 Å². The second-order valence-corrected chi connectivity index (χ2v) is 6.78. The first-order valence-electron chi connectivity index (χ1n) is 7.64. The third kappa shape index (κ3) is 3.95. The molecule has 2 atom stereocenters. The van der Waals surface area contributed by atoms with E-state index < -0.39 is 0 Å². The number of anilines is 3. The lowest BCUT2D eigenvalue weighted by Crippen LogP contribution is -2.38. The van der Waals surface area contributed by atoms with Crippen LogP contribution in [0.2, 0.25) is 0 Å². The molecule has 0 aromatic carbocycles. The monoisotopic (exact) mass is 309 g/mol. The van der Waals surface area contributed by atoms with E-state index in [1.54, 1.807) is 0 Å². The summed E-state index contributed by atoms with van der Waals surface area (Å²) in [6.07, 6.45) is 1.05. The molecule has 8 heteroatoms. The lowest BCUT2D eigenvalue weighted by atomic mass is 9.87. The molecule has 2 heterocycles. The van der Waals surface area contributed by atoms with Crippen LogP contribution in [0.3, 0.4) is 0 Å². The summed E-state index contributed by atoms with van der Waals surface area (Å²) < 4.78 is 0. The molecule has 0 saturated carbocycles. The fourth-order valence-corrected chi connectivity index (χ4v) is 2.46. The van der Waals surface area contributed by atoms with Gasteiger partial charge in [-0.1, -0.05) is 20.8 Å². The van der Waals surface area contributed by atoms with Crippen molar-refractivity contribution in [3.8, 4) is 0 Å². The molecule has 1 saturated heterocycles. The molecule has 8 nitrogen and oxygen atoms in total. The van der Waals surface area contributed by atoms with Gasteiger partial charge >= 0.3 is 0 Å². The summed E-state index contributed by atoms with van der Waals surface area (Å²) in [5, 5.41) is 16.0. The van der Waals surface area contributed by atoms with Crippen LogP contribution in [0.25, 0.3) is 0 Å². The highest BCUT2D eigenvalue weighted by Crippen LogP contribution is 2.23. The predicted molar refractivity (Wildman–Crippen MR) is 87.9 cm³/mol. The van der Waals surface area contributed by atoms with Crippen LogP contribution in [0, 0.1) is 5.41 Å². The highest BCUT2D eigenvalue weighted by molar-refractivity contribution is 5.43. The Kier molecular flexibility index (Phi) is 5.02. The highest BCUT2D eigenvalue weighted by atomic mass is 16.3. The standard InChI is InChI=1S/C14H27N7O/c1-14(2,3)10(8-22)17-12-18-11(15)19-13(20-12)21-6-5-9(7-21)16-4/h9-10,16,22H,5-8H2,1-4H3,(H3,15,17,18,19,20)/t9-,10?/m1/s1. The van der Waals surface area contributed by atoms with Crippen LogP contribution >= 0.6 is 0 Å². The predicted octanol–water partition coefficient (Wildman–Crippen LogP) is 0.0708. The number of nitrogens with one attached hydrogen (secondary N) is 2. The lowest BCUT2D eigenvalue weighted by Gasteiger charge is -2.30. The van der Waals surface area contributed by atoms with Gasteiger partial charge < -0.3 is 26.4 Å². The van der Waals surface area contributed by atoms with Gasteiger partial charge in [0.05, 0.1) is 12.6 Å². The molecule has 1 unspecified atom stereocenters. The first kappa shape index (κ1) is 16.7. The van der Waals surface area contributed by atoms with Crippen LogP contribution in [0.5, 0.6) is 0 Å². The van der Waals surface area contributed by atoms with Crippen molar-refractivity contribution in [2.75, 3.05) is 42.7 Å². The van der Waals surface area contributed by atoms with Gasteiger partial charge in [-0.15, -0.1) is 0 Å². The quantitative estimate of drug-likeness (QED) is 0.604. The maximum atomic E-state index is 9.56. The molecule has 1 aliphatic rings. The van der Waals surface area contributed by atoms with Crippen molar-refractivity contribution in [3.05, 3.63) is 0 Å². The van der Waals surface area contributed by atoms with Crippen molar-refractivity contribution in [1.82, 2.24) is 20.3 Å². The van der Waals surface area contributed by atoms with Crippen LogP contribution in [-0.2, 0) is 0 Å². The molecule has 0 bridgehead atoms. The minimum atomic E-state index is -0.161. The molecular weight excluding hydrogens is 282 g/mol. The molecule has 1 aromatic rings. The minimum Gasteiger partial charge on any atom is -0.394 e. The molecule has 5 N–H and O–H groups in total. The van der Waals surface area contributed by atoms with Crippen LogP contribution in [0.4, 0.5) is 17.8 Å². The van der Waals surface area contributed by atoms with Crippen molar-refractivity contribution in [2.24, 2.45) is 5.41 Å². The van der Waals surface area contributed by atoms with Gasteiger partial charge in [-0.05, 0) is 18.9 Å². The zero-order chi connectivity index (χ0) is 16.3. The fraction of sp³-hybridized carbons (Fsp3) is 0.786. The van der Waals surface area contributed by atoms with E-state index >= 15 is 0 Å². The van der Waals surface area contributed by atoms with Gasteiger partial charge in [0.25, 0.3) is 0 Å². The number of aromatic nitrogens is 3. The summed E-state index contributed by atoms with van der Waals surface area (Å²) >= 11 is 0. The molecule has 0 radical (unpaired) electrons. The SMILES string of the molecule is CN[C@@H]1CCN(c2nc(N)nc(NC(CO)C(C)(C)C)n2)C1. The highest BCUT2D eigenvalue weighted by Gasteiger charge is 2.27. The number of nitrogens with two attached hydrogens (primary N) is 1. The van der Waals surface area contributed by atoms with Crippen molar-refractivity contribution in [3.63, 3.8) is 0 Å². The van der Waals surface area contributed by atoms with E-state index in [-0.39, 0.29) is 24.0 Å². The van der Waals surface area contributed by atoms with E-state index in [2.05, 4.69) is 30.5 Å². The van der Waals surface area contributed by atoms with Gasteiger partial charge in [0.2, 0.25) is 17.8 Å². The number of hydrogen-bond donors (Lipinski definition) is 4. The van der Waals surface area contributed by atoms with Gasteiger partial charge in [0, 0.05) is 19.1 Å². The van der Waals surface area contributed by atoms with E-state index in [9.17, 15) is 5.11 Å². The number of aliphatic hydroxyl groups excluding tert-OH is 1. The van der Waals surface area contributed by atoms with Crippen molar-refractivity contribution >= 4 is 17.8 Å². The molecule has 1 aliphatic heterocycles. The zero-order valence-corrected chi connectivity index (χ0v) is 13.8. The summed E-state index contributed by atoms with van der Waals surface area (Å²) in [6, 6.07) is 0.278. The number of aliphatic hydroxyl groups is 1. The number of nitrogens with zero attached hydrogens (tertiary/aromatic N) is 4. The van der Waals surface area contributed by atoms with Crippen molar-refractivity contribution in [1.29, 1.82) is 0 Å². The molecule has 1 fully saturated rings. The van der Waals surface area contributed by atoms with Gasteiger partial charge in [-0.3, -0.25) is 0 Å². The molecular formula is C14H27N7O. The average molecular weight is 309 g/mol. The van der Waals surface area contributed by atoms with Gasteiger partial charge in [-0.2, -0.15) is 15.0 Å². The molecule has 0 amide bonds. The first-order chi connectivity index (χ1) is 10.3. The van der Waals surface area contributed by atoms with E-state index in [0.29, 0.717) is 17.9 Å². The Morgan fingerprint density at radius 2 is 2.09 bits per heavy atom. The second kappa shape index (κ2) is 6.62. The first-order valence-corrected chi connectivity index (χ1v) is 7.64. The van der Waals surface area contributed by atoms with Gasteiger partial charge in [-0.25, -0.2) is 0 Å².